The zero-order valence-electron chi connectivity index (χ0n) is 11.8. The highest BCUT2D eigenvalue weighted by Gasteiger charge is 2.28. The molecule has 0 spiro atoms. The number of nitro benzene ring substituents is 1. The summed E-state index contributed by atoms with van der Waals surface area (Å²) in [4.78, 5) is 12.8. The number of hydrogen-bond donors (Lipinski definition) is 2. The number of nitro groups is 1. The molecule has 1 aromatic rings. The van der Waals surface area contributed by atoms with Crippen molar-refractivity contribution in [3.63, 3.8) is 0 Å². The van der Waals surface area contributed by atoms with Crippen LogP contribution in [0.2, 0.25) is 0 Å². The van der Waals surface area contributed by atoms with Crippen LogP contribution >= 0.6 is 0 Å². The van der Waals surface area contributed by atoms with Crippen LogP contribution in [0.3, 0.4) is 0 Å². The minimum absolute atomic E-state index is 0.00230. The van der Waals surface area contributed by atoms with Gasteiger partial charge in [-0.25, -0.2) is 0 Å². The highest BCUT2D eigenvalue weighted by Crippen LogP contribution is 2.29. The maximum absolute atomic E-state index is 11.0. The minimum atomic E-state index is -0.429. The predicted molar refractivity (Wildman–Crippen MR) is 76.2 cm³/mol. The van der Waals surface area contributed by atoms with Crippen LogP contribution < -0.4 is 11.3 Å². The van der Waals surface area contributed by atoms with Crippen LogP contribution in [-0.4, -0.2) is 35.1 Å². The van der Waals surface area contributed by atoms with E-state index in [9.17, 15) is 10.1 Å². The average molecular weight is 280 g/mol. The SMILES string of the molecule is CC1(C)CN(Cc2cccc([N+](=O)[O-])c2NN)CCO1. The third-order valence-electron chi connectivity index (χ3n) is 3.37. The summed E-state index contributed by atoms with van der Waals surface area (Å²) in [6.07, 6.45) is 0. The van der Waals surface area contributed by atoms with Gasteiger partial charge in [0.15, 0.2) is 0 Å². The van der Waals surface area contributed by atoms with E-state index in [0.717, 1.165) is 18.7 Å². The fourth-order valence-corrected chi connectivity index (χ4v) is 2.53. The normalized spacial score (nSPS) is 18.8. The van der Waals surface area contributed by atoms with Gasteiger partial charge in [-0.05, 0) is 19.4 Å². The molecule has 110 valence electrons. The topological polar surface area (TPSA) is 93.7 Å². The maximum atomic E-state index is 11.0. The summed E-state index contributed by atoms with van der Waals surface area (Å²) in [5.41, 5.74) is 3.45. The molecule has 1 saturated heterocycles. The summed E-state index contributed by atoms with van der Waals surface area (Å²) >= 11 is 0. The quantitative estimate of drug-likeness (QED) is 0.493. The van der Waals surface area contributed by atoms with E-state index in [1.165, 1.54) is 6.07 Å². The second-order valence-electron chi connectivity index (χ2n) is 5.53. The molecule has 1 aromatic carbocycles. The van der Waals surface area contributed by atoms with Gasteiger partial charge in [-0.2, -0.15) is 0 Å². The highest BCUT2D eigenvalue weighted by atomic mass is 16.6. The van der Waals surface area contributed by atoms with Crippen LogP contribution in [0.4, 0.5) is 11.4 Å². The van der Waals surface area contributed by atoms with Crippen molar-refractivity contribution < 1.29 is 9.66 Å². The van der Waals surface area contributed by atoms with Gasteiger partial charge in [0.05, 0.1) is 17.1 Å². The number of hydrazine groups is 1. The summed E-state index contributed by atoms with van der Waals surface area (Å²) in [6, 6.07) is 4.98. The second kappa shape index (κ2) is 5.74. The zero-order valence-corrected chi connectivity index (χ0v) is 11.8. The van der Waals surface area contributed by atoms with Gasteiger partial charge in [-0.1, -0.05) is 12.1 Å². The third kappa shape index (κ3) is 3.24. The molecule has 0 saturated carbocycles. The number of nitrogens with two attached hydrogens (primary N) is 1. The smallest absolute Gasteiger partial charge is 0.293 e. The molecule has 0 aromatic heterocycles. The average Bonchev–Trinajstić information content (AvgIpc) is 2.37. The van der Waals surface area contributed by atoms with Crippen LogP contribution in [0.5, 0.6) is 0 Å². The van der Waals surface area contributed by atoms with Gasteiger partial charge in [-0.15, -0.1) is 0 Å². The Hall–Kier alpha value is -1.70. The molecule has 0 atom stereocenters. The largest absolute Gasteiger partial charge is 0.373 e. The van der Waals surface area contributed by atoms with Gasteiger partial charge < -0.3 is 10.2 Å². The Labute approximate surface area is 117 Å². The van der Waals surface area contributed by atoms with Crippen LogP contribution in [0.15, 0.2) is 18.2 Å². The molecule has 1 heterocycles. The monoisotopic (exact) mass is 280 g/mol. The number of nitrogen functional groups attached to an aromatic ring is 1. The summed E-state index contributed by atoms with van der Waals surface area (Å²) in [5.74, 6) is 5.45. The number of nitrogens with one attached hydrogen (secondary N) is 1. The Morgan fingerprint density at radius 1 is 1.55 bits per heavy atom. The molecule has 0 unspecified atom stereocenters. The molecule has 7 heteroatoms. The first-order chi connectivity index (χ1) is 9.43. The first kappa shape index (κ1) is 14.7. The number of hydrogen-bond acceptors (Lipinski definition) is 6. The number of anilines is 1. The lowest BCUT2D eigenvalue weighted by molar-refractivity contribution is -0.384. The lowest BCUT2D eigenvalue weighted by atomic mass is 10.1. The Bertz CT molecular complexity index is 504. The van der Waals surface area contributed by atoms with E-state index in [4.69, 9.17) is 10.6 Å². The molecule has 2 rings (SSSR count). The molecule has 0 amide bonds. The van der Waals surface area contributed by atoms with Crippen molar-refractivity contribution in [3.8, 4) is 0 Å². The van der Waals surface area contributed by atoms with Crippen molar-refractivity contribution >= 4 is 11.4 Å². The van der Waals surface area contributed by atoms with Crippen LogP contribution in [-0.2, 0) is 11.3 Å². The van der Waals surface area contributed by atoms with Gasteiger partial charge >= 0.3 is 0 Å². The number of para-hydroxylation sites is 1. The van der Waals surface area contributed by atoms with Gasteiger partial charge in [0.1, 0.15) is 5.69 Å². The maximum Gasteiger partial charge on any atom is 0.293 e. The number of benzene rings is 1. The summed E-state index contributed by atoms with van der Waals surface area (Å²) in [5, 5.41) is 11.0. The fourth-order valence-electron chi connectivity index (χ4n) is 2.53. The molecule has 0 aliphatic carbocycles. The van der Waals surface area contributed by atoms with Crippen molar-refractivity contribution in [2.45, 2.75) is 26.0 Å². The summed E-state index contributed by atoms with van der Waals surface area (Å²) in [6.45, 7) is 6.92. The molecule has 3 N–H and O–H groups in total. The Balaban J connectivity index is 2.21. The predicted octanol–water partition coefficient (Wildman–Crippen LogP) is 1.49. The number of ether oxygens (including phenoxy) is 1. The van der Waals surface area contributed by atoms with Crippen molar-refractivity contribution in [2.75, 3.05) is 25.1 Å². The third-order valence-corrected chi connectivity index (χ3v) is 3.37. The van der Waals surface area contributed by atoms with Crippen molar-refractivity contribution in [3.05, 3.63) is 33.9 Å². The van der Waals surface area contributed by atoms with E-state index >= 15 is 0 Å². The Kier molecular flexibility index (Phi) is 4.22. The van der Waals surface area contributed by atoms with E-state index in [0.29, 0.717) is 18.8 Å². The highest BCUT2D eigenvalue weighted by molar-refractivity contribution is 5.65. The molecule has 0 radical (unpaired) electrons. The van der Waals surface area contributed by atoms with Gasteiger partial charge in [0.25, 0.3) is 5.69 Å². The number of nitrogens with zero attached hydrogens (tertiary/aromatic N) is 2. The van der Waals surface area contributed by atoms with E-state index in [1.54, 1.807) is 6.07 Å². The van der Waals surface area contributed by atoms with Crippen molar-refractivity contribution in [1.29, 1.82) is 0 Å². The molecule has 1 fully saturated rings. The van der Waals surface area contributed by atoms with Crippen LogP contribution in [0.1, 0.15) is 19.4 Å². The summed E-state index contributed by atoms with van der Waals surface area (Å²) in [7, 11) is 0. The van der Waals surface area contributed by atoms with E-state index in [2.05, 4.69) is 10.3 Å². The molecule has 7 nitrogen and oxygen atoms in total. The molecule has 0 bridgehead atoms. The lowest BCUT2D eigenvalue weighted by Crippen LogP contribution is -2.47. The van der Waals surface area contributed by atoms with Crippen molar-refractivity contribution in [2.24, 2.45) is 5.84 Å². The summed E-state index contributed by atoms with van der Waals surface area (Å²) < 4.78 is 5.66. The molecule has 1 aliphatic rings. The standard InChI is InChI=1S/C13H20N4O3/c1-13(2)9-16(6-7-20-13)8-10-4-3-5-11(17(18)19)12(10)15-14/h3-5,15H,6-9,14H2,1-2H3. The van der Waals surface area contributed by atoms with E-state index in [1.807, 2.05) is 19.9 Å². The van der Waals surface area contributed by atoms with Crippen molar-refractivity contribution in [1.82, 2.24) is 4.90 Å². The molecule has 1 aliphatic heterocycles. The first-order valence-electron chi connectivity index (χ1n) is 6.52. The van der Waals surface area contributed by atoms with Crippen LogP contribution in [0, 0.1) is 10.1 Å². The van der Waals surface area contributed by atoms with E-state index in [-0.39, 0.29) is 11.3 Å². The van der Waals surface area contributed by atoms with Crippen LogP contribution in [0.25, 0.3) is 0 Å². The number of rotatable bonds is 4. The molecule has 20 heavy (non-hydrogen) atoms. The molecular formula is C13H20N4O3. The van der Waals surface area contributed by atoms with Gasteiger partial charge in [0.2, 0.25) is 0 Å². The molecular weight excluding hydrogens is 260 g/mol. The Morgan fingerprint density at radius 2 is 2.30 bits per heavy atom. The number of morpholine rings is 1. The second-order valence-corrected chi connectivity index (χ2v) is 5.53. The zero-order chi connectivity index (χ0) is 14.8. The fraction of sp³-hybridized carbons (Fsp3) is 0.538. The van der Waals surface area contributed by atoms with Gasteiger partial charge in [-0.3, -0.25) is 20.9 Å². The van der Waals surface area contributed by atoms with E-state index < -0.39 is 4.92 Å². The lowest BCUT2D eigenvalue weighted by Gasteiger charge is -2.38. The minimum Gasteiger partial charge on any atom is -0.373 e. The Morgan fingerprint density at radius 3 is 2.90 bits per heavy atom. The first-order valence-corrected chi connectivity index (χ1v) is 6.52. The van der Waals surface area contributed by atoms with Gasteiger partial charge in [0, 0.05) is 25.7 Å².